The number of urea groups is 1. The van der Waals surface area contributed by atoms with E-state index in [4.69, 9.17) is 4.52 Å². The highest BCUT2D eigenvalue weighted by atomic mass is 32.1. The predicted molar refractivity (Wildman–Crippen MR) is 126 cm³/mol. The zero-order valence-corrected chi connectivity index (χ0v) is 19.5. The second kappa shape index (κ2) is 8.37. The van der Waals surface area contributed by atoms with Gasteiger partial charge in [0.15, 0.2) is 5.13 Å². The van der Waals surface area contributed by atoms with Crippen LogP contribution < -0.4 is 10.2 Å². The number of amides is 2. The molecule has 1 saturated heterocycles. The molecule has 5 rings (SSSR count). The number of carboxylic acid groups (broad SMARTS) is 1. The fourth-order valence-corrected chi connectivity index (χ4v) is 4.64. The van der Waals surface area contributed by atoms with Crippen LogP contribution in [0.15, 0.2) is 35.0 Å². The third-order valence-corrected chi connectivity index (χ3v) is 6.82. The third-order valence-electron chi connectivity index (χ3n) is 5.60. The molecule has 4 aromatic rings. The van der Waals surface area contributed by atoms with Crippen LogP contribution >= 0.6 is 11.3 Å². The summed E-state index contributed by atoms with van der Waals surface area (Å²) in [4.78, 5) is 40.3. The molecule has 0 aliphatic carbocycles. The number of rotatable bonds is 5. The van der Waals surface area contributed by atoms with E-state index < -0.39 is 5.97 Å². The number of carbonyl (C=O) groups excluding carboxylic acids is 1. The van der Waals surface area contributed by atoms with Crippen molar-refractivity contribution in [3.63, 3.8) is 0 Å². The maximum atomic E-state index is 12.8. The highest BCUT2D eigenvalue weighted by Crippen LogP contribution is 2.29. The van der Waals surface area contributed by atoms with Crippen molar-refractivity contribution < 1.29 is 19.2 Å². The number of likely N-dealkylation sites (tertiary alicyclic amines) is 1. The van der Waals surface area contributed by atoms with Gasteiger partial charge in [0.25, 0.3) is 0 Å². The smallest absolute Gasteiger partial charge is 0.347 e. The van der Waals surface area contributed by atoms with E-state index in [0.717, 1.165) is 27.7 Å². The molecular weight excluding hydrogens is 458 g/mol. The highest BCUT2D eigenvalue weighted by molar-refractivity contribution is 7.17. The molecule has 34 heavy (non-hydrogen) atoms. The van der Waals surface area contributed by atoms with Crippen molar-refractivity contribution in [3.8, 4) is 11.4 Å². The number of nitrogens with zero attached hydrogens (tertiary/aromatic N) is 6. The maximum Gasteiger partial charge on any atom is 0.347 e. The number of aryl methyl sites for hydroxylation is 2. The van der Waals surface area contributed by atoms with Crippen molar-refractivity contribution in [2.24, 2.45) is 0 Å². The Bertz CT molecular complexity index is 1410. The summed E-state index contributed by atoms with van der Waals surface area (Å²) in [5.74, 6) is 0.680. The second-order valence-electron chi connectivity index (χ2n) is 8.04. The number of aromatic nitrogens is 4. The number of hydrogen-bond acceptors (Lipinski definition) is 9. The average Bonchev–Trinajstić information content (AvgIpc) is 3.40. The summed E-state index contributed by atoms with van der Waals surface area (Å²) >= 11 is 0.987. The monoisotopic (exact) mass is 479 g/mol. The normalized spacial score (nSPS) is 13.7. The Morgan fingerprint density at radius 3 is 2.71 bits per heavy atom. The maximum absolute atomic E-state index is 12.8. The van der Waals surface area contributed by atoms with Crippen LogP contribution in [0.2, 0.25) is 0 Å². The molecule has 0 radical (unpaired) electrons. The van der Waals surface area contributed by atoms with Crippen LogP contribution in [0.3, 0.4) is 0 Å². The zero-order chi connectivity index (χ0) is 24.0. The van der Waals surface area contributed by atoms with Crippen molar-refractivity contribution >= 4 is 45.1 Å². The molecule has 1 aliphatic heterocycles. The highest BCUT2D eigenvalue weighted by Gasteiger charge is 2.34. The Kier molecular flexibility index (Phi) is 5.36. The summed E-state index contributed by atoms with van der Waals surface area (Å²) in [7, 11) is 1.60. The third kappa shape index (κ3) is 3.92. The number of pyridine rings is 1. The molecule has 1 aromatic carbocycles. The number of hydrogen-bond donors (Lipinski definition) is 2. The van der Waals surface area contributed by atoms with E-state index in [2.05, 4.69) is 25.4 Å². The van der Waals surface area contributed by atoms with Gasteiger partial charge in [-0.05, 0) is 24.4 Å². The van der Waals surface area contributed by atoms with E-state index >= 15 is 0 Å². The molecule has 0 atom stereocenters. The Morgan fingerprint density at radius 1 is 1.24 bits per heavy atom. The molecule has 1 aliphatic rings. The van der Waals surface area contributed by atoms with Gasteiger partial charge >= 0.3 is 12.0 Å². The first-order valence-electron chi connectivity index (χ1n) is 10.5. The van der Waals surface area contributed by atoms with Crippen LogP contribution in [-0.2, 0) is 0 Å². The van der Waals surface area contributed by atoms with Gasteiger partial charge in [0.1, 0.15) is 10.7 Å². The largest absolute Gasteiger partial charge is 0.477 e. The lowest BCUT2D eigenvalue weighted by Gasteiger charge is -2.41. The first-order chi connectivity index (χ1) is 16.3. The number of anilines is 2. The van der Waals surface area contributed by atoms with Crippen LogP contribution in [0.4, 0.5) is 15.7 Å². The second-order valence-corrected chi connectivity index (χ2v) is 9.01. The number of fused-ring (bicyclic) bond motifs is 1. The van der Waals surface area contributed by atoms with Crippen LogP contribution in [0.5, 0.6) is 0 Å². The van der Waals surface area contributed by atoms with Crippen LogP contribution in [0.25, 0.3) is 22.2 Å². The minimum absolute atomic E-state index is 0.0270. The summed E-state index contributed by atoms with van der Waals surface area (Å²) in [5, 5.41) is 18.9. The topological polar surface area (TPSA) is 138 Å². The van der Waals surface area contributed by atoms with Crippen molar-refractivity contribution in [1.82, 2.24) is 25.0 Å². The lowest BCUT2D eigenvalue weighted by atomic mass is 10.1. The quantitative estimate of drug-likeness (QED) is 0.441. The molecule has 0 spiro atoms. The standard InChI is InChI=1S/C22H21N7O4S/c1-11-17(20(30)31)34-21(24-11)28(3)22(32)29-9-15(10-29)26-19-16-8-14(18-25-12(2)33-27-18)5-4-13(16)6-7-23-19/h4-8,15H,9-10H2,1-3H3,(H,23,26)(H,30,31). The number of thiazole rings is 1. The van der Waals surface area contributed by atoms with Crippen LogP contribution in [-0.4, -0.2) is 68.3 Å². The van der Waals surface area contributed by atoms with E-state index in [1.165, 1.54) is 4.90 Å². The van der Waals surface area contributed by atoms with Gasteiger partial charge in [0.2, 0.25) is 11.7 Å². The van der Waals surface area contributed by atoms with Gasteiger partial charge in [-0.25, -0.2) is 19.6 Å². The van der Waals surface area contributed by atoms with Gasteiger partial charge in [0, 0.05) is 44.2 Å². The van der Waals surface area contributed by atoms with E-state index in [-0.39, 0.29) is 17.0 Å². The van der Waals surface area contributed by atoms with Crippen molar-refractivity contribution in [2.75, 3.05) is 30.4 Å². The minimum Gasteiger partial charge on any atom is -0.477 e. The molecule has 0 saturated carbocycles. The van der Waals surface area contributed by atoms with Gasteiger partial charge in [0.05, 0.1) is 11.7 Å². The Labute approximate surface area is 198 Å². The lowest BCUT2D eigenvalue weighted by molar-refractivity contribution is 0.0701. The molecule has 3 aromatic heterocycles. The first-order valence-corrected chi connectivity index (χ1v) is 11.3. The van der Waals surface area contributed by atoms with Gasteiger partial charge in [-0.15, -0.1) is 0 Å². The average molecular weight is 480 g/mol. The van der Waals surface area contributed by atoms with Crippen molar-refractivity contribution in [2.45, 2.75) is 19.9 Å². The molecule has 1 fully saturated rings. The van der Waals surface area contributed by atoms with Crippen molar-refractivity contribution in [3.05, 3.63) is 46.9 Å². The molecule has 4 heterocycles. The van der Waals surface area contributed by atoms with E-state index in [9.17, 15) is 14.7 Å². The summed E-state index contributed by atoms with van der Waals surface area (Å²) in [5.41, 5.74) is 1.22. The predicted octanol–water partition coefficient (Wildman–Crippen LogP) is 3.41. The summed E-state index contributed by atoms with van der Waals surface area (Å²) in [6.07, 6.45) is 1.74. The lowest BCUT2D eigenvalue weighted by Crippen LogP contribution is -2.60. The number of aromatic carboxylic acids is 1. The molecular formula is C22H21N7O4S. The Balaban J connectivity index is 1.28. The molecule has 0 unspecified atom stereocenters. The molecule has 0 bridgehead atoms. The number of carbonyl (C=O) groups is 2. The van der Waals surface area contributed by atoms with Gasteiger partial charge in [-0.3, -0.25) is 4.90 Å². The Morgan fingerprint density at radius 2 is 2.03 bits per heavy atom. The van der Waals surface area contributed by atoms with Crippen molar-refractivity contribution in [1.29, 1.82) is 0 Å². The summed E-state index contributed by atoms with van der Waals surface area (Å²) < 4.78 is 5.09. The molecule has 2 amide bonds. The Hall–Kier alpha value is -4.06. The van der Waals surface area contributed by atoms with E-state index in [1.54, 1.807) is 32.0 Å². The van der Waals surface area contributed by atoms with Gasteiger partial charge in [-0.2, -0.15) is 4.98 Å². The van der Waals surface area contributed by atoms with Crippen LogP contribution in [0, 0.1) is 13.8 Å². The summed E-state index contributed by atoms with van der Waals surface area (Å²) in [6, 6.07) is 7.61. The van der Waals surface area contributed by atoms with E-state index in [1.807, 2.05) is 24.3 Å². The fourth-order valence-electron chi connectivity index (χ4n) is 3.78. The first kappa shape index (κ1) is 21.8. The van der Waals surface area contributed by atoms with Gasteiger partial charge < -0.3 is 19.8 Å². The SMILES string of the molecule is Cc1nc(-c2ccc3ccnc(NC4CN(C(=O)N(C)c5nc(C)c(C(=O)O)s5)C4)c3c2)no1. The number of benzene rings is 1. The molecule has 2 N–H and O–H groups in total. The van der Waals surface area contributed by atoms with E-state index in [0.29, 0.717) is 41.4 Å². The number of carboxylic acids is 1. The molecule has 174 valence electrons. The minimum atomic E-state index is -1.05. The zero-order valence-electron chi connectivity index (χ0n) is 18.6. The molecule has 11 nitrogen and oxygen atoms in total. The molecule has 12 heteroatoms. The fraction of sp³-hybridized carbons (Fsp3) is 0.273. The number of nitrogens with one attached hydrogen (secondary N) is 1. The summed E-state index contributed by atoms with van der Waals surface area (Å²) in [6.45, 7) is 4.34. The van der Waals surface area contributed by atoms with Gasteiger partial charge in [-0.1, -0.05) is 28.6 Å². The van der Waals surface area contributed by atoms with Crippen LogP contribution in [0.1, 0.15) is 21.3 Å².